The van der Waals surface area contributed by atoms with Crippen LogP contribution >= 0.6 is 0 Å². The highest BCUT2D eigenvalue weighted by Gasteiger charge is 2.76. The summed E-state index contributed by atoms with van der Waals surface area (Å²) in [4.78, 5) is 27.5. The molecule has 2 bridgehead atoms. The number of anilines is 1. The van der Waals surface area contributed by atoms with Crippen molar-refractivity contribution in [3.63, 3.8) is 0 Å². The van der Waals surface area contributed by atoms with E-state index in [-0.39, 0.29) is 11.8 Å². The molecule has 4 aliphatic rings. The fourth-order valence-electron chi connectivity index (χ4n) is 5.52. The van der Waals surface area contributed by atoms with Gasteiger partial charge in [-0.3, -0.25) is 9.59 Å². The molecule has 0 N–H and O–H groups in total. The van der Waals surface area contributed by atoms with Crippen molar-refractivity contribution in [2.24, 2.45) is 17.8 Å². The Morgan fingerprint density at radius 3 is 2.52 bits per heavy atom. The van der Waals surface area contributed by atoms with E-state index in [1.54, 1.807) is 13.8 Å². The molecule has 2 amide bonds. The third-order valence-electron chi connectivity index (χ3n) is 7.18. The van der Waals surface area contributed by atoms with Gasteiger partial charge in [0.1, 0.15) is 5.60 Å². The second-order valence-corrected chi connectivity index (χ2v) is 9.37. The molecule has 0 unspecified atom stereocenters. The summed E-state index contributed by atoms with van der Waals surface area (Å²) in [5, 5.41) is 9.01. The average Bonchev–Trinajstić information content (AvgIpc) is 3.36. The molecule has 4 fully saturated rings. The lowest BCUT2D eigenvalue weighted by molar-refractivity contribution is -0.138. The van der Waals surface area contributed by atoms with Gasteiger partial charge in [-0.1, -0.05) is 0 Å². The second kappa shape index (κ2) is 6.30. The number of fused-ring (bicyclic) bond motifs is 5. The Morgan fingerprint density at radius 1 is 1.23 bits per heavy atom. The third-order valence-corrected chi connectivity index (χ3v) is 7.18. The van der Waals surface area contributed by atoms with Crippen LogP contribution in [0.2, 0.25) is 0 Å². The minimum Gasteiger partial charge on any atom is -0.375 e. The van der Waals surface area contributed by atoms with E-state index in [1.807, 2.05) is 0 Å². The van der Waals surface area contributed by atoms with Gasteiger partial charge in [-0.05, 0) is 50.8 Å². The van der Waals surface area contributed by atoms with Crippen LogP contribution in [0, 0.1) is 29.1 Å². The Balaban J connectivity index is 1.50. The monoisotopic (exact) mass is 434 g/mol. The van der Waals surface area contributed by atoms with Crippen molar-refractivity contribution in [3.05, 3.63) is 29.3 Å². The third kappa shape index (κ3) is 2.84. The number of hydrogen-bond acceptors (Lipinski definition) is 5. The largest absolute Gasteiger partial charge is 0.417 e. The van der Waals surface area contributed by atoms with Crippen molar-refractivity contribution < 1.29 is 32.2 Å². The molecule has 3 heterocycles. The van der Waals surface area contributed by atoms with E-state index in [0.717, 1.165) is 23.8 Å². The molecule has 164 valence electrons. The molecule has 0 spiro atoms. The van der Waals surface area contributed by atoms with Gasteiger partial charge in [0.05, 0.1) is 46.4 Å². The van der Waals surface area contributed by atoms with Crippen LogP contribution in [-0.4, -0.2) is 35.7 Å². The maximum atomic E-state index is 13.4. The van der Waals surface area contributed by atoms with Crippen molar-refractivity contribution in [1.29, 1.82) is 5.26 Å². The molecule has 3 aliphatic heterocycles. The zero-order chi connectivity index (χ0) is 22.3. The van der Waals surface area contributed by atoms with Gasteiger partial charge in [0.25, 0.3) is 0 Å². The molecule has 0 radical (unpaired) electrons. The number of carbonyl (C=O) groups excluding carboxylic acids is 2. The summed E-state index contributed by atoms with van der Waals surface area (Å²) in [6, 6.07) is 4.40. The van der Waals surface area contributed by atoms with Crippen LogP contribution in [0.15, 0.2) is 18.2 Å². The number of alkyl halides is 3. The van der Waals surface area contributed by atoms with E-state index in [4.69, 9.17) is 14.7 Å². The van der Waals surface area contributed by atoms with Crippen molar-refractivity contribution in [3.8, 4) is 6.07 Å². The Bertz CT molecular complexity index is 1030. The van der Waals surface area contributed by atoms with Gasteiger partial charge in [0.15, 0.2) is 0 Å². The molecule has 6 nitrogen and oxygen atoms in total. The standard InChI is InChI=1S/C22H21F3N2O4/c1-20-8-15(30-10-11-3-4-11)21(2,31-20)17-16(20)18(28)27(19(17)29)13-6-5-12(9-26)14(7-13)22(23,24)25/h5-7,11,15-17H,3-4,8,10H2,1-2H3/t15-,16-,17+,20+,21-/m1/s1. The van der Waals surface area contributed by atoms with Crippen molar-refractivity contribution in [2.45, 2.75) is 56.6 Å². The molecule has 5 rings (SSSR count). The number of hydrogen-bond donors (Lipinski definition) is 0. The summed E-state index contributed by atoms with van der Waals surface area (Å²) in [6.45, 7) is 4.10. The maximum Gasteiger partial charge on any atom is 0.417 e. The number of carbonyl (C=O) groups is 2. The summed E-state index contributed by atoms with van der Waals surface area (Å²) in [5.41, 5.74) is -3.86. The molecule has 0 aromatic heterocycles. The van der Waals surface area contributed by atoms with E-state index in [2.05, 4.69) is 0 Å². The number of benzene rings is 1. The zero-order valence-corrected chi connectivity index (χ0v) is 17.0. The quantitative estimate of drug-likeness (QED) is 0.679. The van der Waals surface area contributed by atoms with Crippen LogP contribution in [0.3, 0.4) is 0 Å². The number of amides is 2. The highest BCUT2D eigenvalue weighted by atomic mass is 19.4. The Labute approximate surface area is 176 Å². The van der Waals surface area contributed by atoms with Crippen LogP contribution in [-0.2, 0) is 25.2 Å². The van der Waals surface area contributed by atoms with Crippen molar-refractivity contribution >= 4 is 17.5 Å². The van der Waals surface area contributed by atoms with E-state index >= 15 is 0 Å². The van der Waals surface area contributed by atoms with Crippen molar-refractivity contribution in [1.82, 2.24) is 0 Å². The van der Waals surface area contributed by atoms with Gasteiger partial charge >= 0.3 is 6.18 Å². The van der Waals surface area contributed by atoms with Gasteiger partial charge in [0, 0.05) is 13.0 Å². The van der Waals surface area contributed by atoms with Crippen LogP contribution in [0.4, 0.5) is 18.9 Å². The number of nitriles is 1. The van der Waals surface area contributed by atoms with Crippen LogP contribution in [0.25, 0.3) is 0 Å². The minimum absolute atomic E-state index is 0.183. The number of halogens is 3. The molecule has 1 saturated carbocycles. The molecule has 9 heteroatoms. The number of ether oxygens (including phenoxy) is 2. The first-order valence-corrected chi connectivity index (χ1v) is 10.3. The first-order valence-electron chi connectivity index (χ1n) is 10.3. The molecule has 3 saturated heterocycles. The highest BCUT2D eigenvalue weighted by molar-refractivity contribution is 6.23. The second-order valence-electron chi connectivity index (χ2n) is 9.37. The first kappa shape index (κ1) is 20.5. The van der Waals surface area contributed by atoms with Gasteiger partial charge in [0.2, 0.25) is 11.8 Å². The summed E-state index contributed by atoms with van der Waals surface area (Å²) < 4.78 is 52.5. The molecule has 1 aromatic carbocycles. The molecule has 1 aromatic rings. The fourth-order valence-corrected chi connectivity index (χ4v) is 5.52. The highest BCUT2D eigenvalue weighted by Crippen LogP contribution is 2.62. The molecule has 1 aliphatic carbocycles. The Morgan fingerprint density at radius 2 is 1.90 bits per heavy atom. The zero-order valence-electron chi connectivity index (χ0n) is 17.0. The summed E-state index contributed by atoms with van der Waals surface area (Å²) >= 11 is 0. The number of imide groups is 1. The lowest BCUT2D eigenvalue weighted by atomic mass is 9.67. The van der Waals surface area contributed by atoms with Crippen LogP contribution in [0.5, 0.6) is 0 Å². The summed E-state index contributed by atoms with van der Waals surface area (Å²) in [7, 11) is 0. The fraction of sp³-hybridized carbons (Fsp3) is 0.591. The van der Waals surface area contributed by atoms with Gasteiger partial charge < -0.3 is 9.47 Å². The smallest absolute Gasteiger partial charge is 0.375 e. The van der Waals surface area contributed by atoms with E-state index in [1.165, 1.54) is 12.1 Å². The Hall–Kier alpha value is -2.44. The lowest BCUT2D eigenvalue weighted by Gasteiger charge is -2.35. The number of nitrogens with zero attached hydrogens (tertiary/aromatic N) is 2. The lowest BCUT2D eigenvalue weighted by Crippen LogP contribution is -2.50. The van der Waals surface area contributed by atoms with Gasteiger partial charge in [-0.2, -0.15) is 18.4 Å². The number of rotatable bonds is 4. The normalized spacial score (nSPS) is 36.8. The molecule has 31 heavy (non-hydrogen) atoms. The maximum absolute atomic E-state index is 13.4. The predicted molar refractivity (Wildman–Crippen MR) is 101 cm³/mol. The van der Waals surface area contributed by atoms with Gasteiger partial charge in [-0.15, -0.1) is 0 Å². The molecular formula is C22H21F3N2O4. The average molecular weight is 434 g/mol. The van der Waals surface area contributed by atoms with Crippen molar-refractivity contribution in [2.75, 3.05) is 11.5 Å². The molecule has 5 atom stereocenters. The van der Waals surface area contributed by atoms with Gasteiger partial charge in [-0.25, -0.2) is 4.90 Å². The van der Waals surface area contributed by atoms with Crippen LogP contribution in [0.1, 0.15) is 44.2 Å². The first-order chi connectivity index (χ1) is 14.5. The Kier molecular flexibility index (Phi) is 4.16. The predicted octanol–water partition coefficient (Wildman–Crippen LogP) is 3.43. The van der Waals surface area contributed by atoms with Crippen LogP contribution < -0.4 is 4.90 Å². The summed E-state index contributed by atoms with van der Waals surface area (Å²) in [6.07, 6.45) is -2.48. The van der Waals surface area contributed by atoms with E-state index in [0.29, 0.717) is 25.0 Å². The minimum atomic E-state index is -4.79. The SMILES string of the molecule is C[C@@]12O[C@@](C)(C[C@H]1OCC1CC1)[C@H]1C(=O)N(c3ccc(C#N)c(C(F)(F)F)c3)C(=O)[C@H]12. The molecular weight excluding hydrogens is 413 g/mol. The topological polar surface area (TPSA) is 79.6 Å². The van der Waals surface area contributed by atoms with E-state index in [9.17, 15) is 22.8 Å². The van der Waals surface area contributed by atoms with E-state index < -0.39 is 52.2 Å². The summed E-state index contributed by atoms with van der Waals surface area (Å²) in [5.74, 6) is -2.25.